The summed E-state index contributed by atoms with van der Waals surface area (Å²) in [7, 11) is 1.84. The summed E-state index contributed by atoms with van der Waals surface area (Å²) in [5.41, 5.74) is 2.38. The Labute approximate surface area is 123 Å². The highest BCUT2D eigenvalue weighted by molar-refractivity contribution is 5.97. The van der Waals surface area contributed by atoms with Crippen molar-refractivity contribution >= 4 is 29.3 Å². The number of fused-ring (bicyclic) bond motifs is 1. The molecule has 1 aromatic heterocycles. The maximum absolute atomic E-state index is 12.5. The van der Waals surface area contributed by atoms with Crippen molar-refractivity contribution in [3.8, 4) is 0 Å². The van der Waals surface area contributed by atoms with Gasteiger partial charge in [-0.1, -0.05) is 5.21 Å². The standard InChI is InChI=1S/C13H17N5O.ClH/c1-9-8-14-5-6-18(9)13(19)10-3-4-12-11(7-10)15-16-17(12)2;/h3-4,7,9,14H,5-6,8H2,1-2H3;1H/t9-;/m0./s1. The Morgan fingerprint density at radius 1 is 1.45 bits per heavy atom. The van der Waals surface area contributed by atoms with Crippen LogP contribution in [0.2, 0.25) is 0 Å². The molecule has 7 heteroatoms. The molecular formula is C13H18ClN5O. The number of amides is 1. The Hall–Kier alpha value is -1.66. The summed E-state index contributed by atoms with van der Waals surface area (Å²) in [6.45, 7) is 4.51. The average molecular weight is 296 g/mol. The number of hydrogen-bond acceptors (Lipinski definition) is 4. The highest BCUT2D eigenvalue weighted by Crippen LogP contribution is 2.16. The van der Waals surface area contributed by atoms with Gasteiger partial charge in [-0.15, -0.1) is 17.5 Å². The topological polar surface area (TPSA) is 63.1 Å². The van der Waals surface area contributed by atoms with Gasteiger partial charge in [0.15, 0.2) is 0 Å². The van der Waals surface area contributed by atoms with Crippen molar-refractivity contribution < 1.29 is 4.79 Å². The van der Waals surface area contributed by atoms with E-state index in [0.717, 1.165) is 30.7 Å². The van der Waals surface area contributed by atoms with Crippen LogP contribution in [0.1, 0.15) is 17.3 Å². The number of hydrogen-bond donors (Lipinski definition) is 1. The van der Waals surface area contributed by atoms with E-state index in [1.165, 1.54) is 0 Å². The lowest BCUT2D eigenvalue weighted by Crippen LogP contribution is -2.52. The van der Waals surface area contributed by atoms with Crippen LogP contribution in [0.5, 0.6) is 0 Å². The van der Waals surface area contributed by atoms with E-state index in [4.69, 9.17) is 0 Å². The molecule has 1 saturated heterocycles. The van der Waals surface area contributed by atoms with Crippen molar-refractivity contribution in [1.82, 2.24) is 25.2 Å². The van der Waals surface area contributed by atoms with Crippen molar-refractivity contribution in [3.63, 3.8) is 0 Å². The van der Waals surface area contributed by atoms with Gasteiger partial charge < -0.3 is 10.2 Å². The largest absolute Gasteiger partial charge is 0.333 e. The molecule has 1 aliphatic rings. The lowest BCUT2D eigenvalue weighted by Gasteiger charge is -2.34. The minimum atomic E-state index is 0. The summed E-state index contributed by atoms with van der Waals surface area (Å²) in [5.74, 6) is 0.0709. The summed E-state index contributed by atoms with van der Waals surface area (Å²) in [6.07, 6.45) is 0. The van der Waals surface area contributed by atoms with Crippen LogP contribution >= 0.6 is 12.4 Å². The number of piperazine rings is 1. The van der Waals surface area contributed by atoms with Gasteiger partial charge >= 0.3 is 0 Å². The molecule has 1 fully saturated rings. The number of benzene rings is 1. The molecule has 1 aliphatic heterocycles. The Kier molecular flexibility index (Phi) is 4.25. The fourth-order valence-electron chi connectivity index (χ4n) is 2.48. The minimum Gasteiger partial charge on any atom is -0.333 e. The molecule has 20 heavy (non-hydrogen) atoms. The third-order valence-corrected chi connectivity index (χ3v) is 3.62. The van der Waals surface area contributed by atoms with E-state index in [1.807, 2.05) is 30.1 Å². The average Bonchev–Trinajstić information content (AvgIpc) is 2.80. The van der Waals surface area contributed by atoms with Gasteiger partial charge in [0.2, 0.25) is 0 Å². The van der Waals surface area contributed by atoms with Gasteiger partial charge in [0.25, 0.3) is 5.91 Å². The van der Waals surface area contributed by atoms with E-state index in [2.05, 4.69) is 22.6 Å². The molecule has 0 aliphatic carbocycles. The first kappa shape index (κ1) is 14.7. The minimum absolute atomic E-state index is 0. The first-order valence-corrected chi connectivity index (χ1v) is 6.48. The molecule has 1 amide bonds. The number of carbonyl (C=O) groups is 1. The van der Waals surface area contributed by atoms with Crippen molar-refractivity contribution in [2.75, 3.05) is 19.6 Å². The fraction of sp³-hybridized carbons (Fsp3) is 0.462. The molecule has 2 aromatic rings. The molecule has 6 nitrogen and oxygen atoms in total. The van der Waals surface area contributed by atoms with E-state index in [-0.39, 0.29) is 24.4 Å². The number of aromatic nitrogens is 3. The van der Waals surface area contributed by atoms with Crippen LogP contribution in [0.15, 0.2) is 18.2 Å². The zero-order chi connectivity index (χ0) is 13.4. The van der Waals surface area contributed by atoms with Crippen molar-refractivity contribution in [2.24, 2.45) is 7.05 Å². The maximum atomic E-state index is 12.5. The van der Waals surface area contributed by atoms with Gasteiger partial charge in [0.05, 0.1) is 5.52 Å². The number of halogens is 1. The molecule has 0 unspecified atom stereocenters. The van der Waals surface area contributed by atoms with Gasteiger partial charge in [-0.3, -0.25) is 4.79 Å². The van der Waals surface area contributed by atoms with Crippen LogP contribution in [0.3, 0.4) is 0 Å². The molecule has 0 spiro atoms. The van der Waals surface area contributed by atoms with E-state index in [1.54, 1.807) is 4.68 Å². The van der Waals surface area contributed by atoms with E-state index in [0.29, 0.717) is 5.56 Å². The zero-order valence-electron chi connectivity index (χ0n) is 11.5. The molecule has 3 rings (SSSR count). The number of carbonyl (C=O) groups excluding carboxylic acids is 1. The first-order valence-electron chi connectivity index (χ1n) is 6.48. The predicted octanol–water partition coefficient (Wildman–Crippen LogP) is 0.824. The van der Waals surface area contributed by atoms with E-state index in [9.17, 15) is 4.79 Å². The fourth-order valence-corrected chi connectivity index (χ4v) is 2.48. The van der Waals surface area contributed by atoms with E-state index < -0.39 is 0 Å². The van der Waals surface area contributed by atoms with E-state index >= 15 is 0 Å². The monoisotopic (exact) mass is 295 g/mol. The number of aryl methyl sites for hydroxylation is 1. The van der Waals surface area contributed by atoms with Gasteiger partial charge in [-0.2, -0.15) is 0 Å². The van der Waals surface area contributed by atoms with Crippen LogP contribution in [-0.4, -0.2) is 51.5 Å². The summed E-state index contributed by atoms with van der Waals surface area (Å²) in [5, 5.41) is 11.3. The highest BCUT2D eigenvalue weighted by atomic mass is 35.5. The Balaban J connectivity index is 0.00000147. The molecule has 1 atom stereocenters. The molecule has 1 aromatic carbocycles. The smallest absolute Gasteiger partial charge is 0.254 e. The van der Waals surface area contributed by atoms with Gasteiger partial charge in [-0.25, -0.2) is 4.68 Å². The Morgan fingerprint density at radius 3 is 3.00 bits per heavy atom. The quantitative estimate of drug-likeness (QED) is 0.846. The molecule has 108 valence electrons. The second-order valence-corrected chi connectivity index (χ2v) is 4.97. The molecule has 0 saturated carbocycles. The Bertz CT molecular complexity index is 626. The summed E-state index contributed by atoms with van der Waals surface area (Å²) in [6, 6.07) is 5.79. The van der Waals surface area contributed by atoms with Gasteiger partial charge in [-0.05, 0) is 25.1 Å². The maximum Gasteiger partial charge on any atom is 0.254 e. The normalized spacial score (nSPS) is 18.9. The molecule has 0 bridgehead atoms. The van der Waals surface area contributed by atoms with Crippen molar-refractivity contribution in [3.05, 3.63) is 23.8 Å². The lowest BCUT2D eigenvalue weighted by atomic mass is 10.1. The van der Waals surface area contributed by atoms with Gasteiger partial charge in [0, 0.05) is 38.3 Å². The molecule has 0 radical (unpaired) electrons. The summed E-state index contributed by atoms with van der Waals surface area (Å²) >= 11 is 0. The molecule has 1 N–H and O–H groups in total. The van der Waals surface area contributed by atoms with Crippen LogP contribution in [0.25, 0.3) is 11.0 Å². The number of rotatable bonds is 1. The van der Waals surface area contributed by atoms with Crippen molar-refractivity contribution in [1.29, 1.82) is 0 Å². The van der Waals surface area contributed by atoms with Crippen LogP contribution in [0.4, 0.5) is 0 Å². The second-order valence-electron chi connectivity index (χ2n) is 4.97. The molecule has 2 heterocycles. The zero-order valence-corrected chi connectivity index (χ0v) is 12.4. The van der Waals surface area contributed by atoms with Crippen LogP contribution in [-0.2, 0) is 7.05 Å². The number of nitrogens with zero attached hydrogens (tertiary/aromatic N) is 4. The summed E-state index contributed by atoms with van der Waals surface area (Å²) < 4.78 is 1.71. The lowest BCUT2D eigenvalue weighted by molar-refractivity contribution is 0.0656. The molecular weight excluding hydrogens is 278 g/mol. The van der Waals surface area contributed by atoms with Crippen molar-refractivity contribution in [2.45, 2.75) is 13.0 Å². The highest BCUT2D eigenvalue weighted by Gasteiger charge is 2.24. The third kappa shape index (κ3) is 2.48. The summed E-state index contributed by atoms with van der Waals surface area (Å²) in [4.78, 5) is 14.4. The Morgan fingerprint density at radius 2 is 2.25 bits per heavy atom. The van der Waals surface area contributed by atoms with Crippen LogP contribution in [0, 0.1) is 0 Å². The third-order valence-electron chi connectivity index (χ3n) is 3.62. The first-order chi connectivity index (χ1) is 9.16. The number of nitrogens with one attached hydrogen (secondary N) is 1. The van der Waals surface area contributed by atoms with Gasteiger partial charge in [0.1, 0.15) is 5.52 Å². The van der Waals surface area contributed by atoms with Crippen LogP contribution < -0.4 is 5.32 Å². The second kappa shape index (κ2) is 5.76. The SMILES string of the molecule is C[C@H]1CNCCN1C(=O)c1ccc2c(c1)nnn2C.Cl. The predicted molar refractivity (Wildman–Crippen MR) is 79.1 cm³/mol.